The third-order valence-corrected chi connectivity index (χ3v) is 1.88. The molecule has 0 aliphatic carbocycles. The minimum Gasteiger partial charge on any atom is -0.508 e. The van der Waals surface area contributed by atoms with Crippen LogP contribution in [0.2, 0.25) is 0 Å². The minimum atomic E-state index is -1.04. The standard InChI is InChI=1S/C10H13NO4/c1-10(2,13)6-7-5-8(12)3-4-9(7)11(14)15/h3-5,12-13H,6H2,1-2H3. The Hall–Kier alpha value is -1.62. The fourth-order valence-corrected chi connectivity index (χ4v) is 1.36. The number of hydrogen-bond acceptors (Lipinski definition) is 4. The molecule has 0 aliphatic rings. The quantitative estimate of drug-likeness (QED) is 0.587. The van der Waals surface area contributed by atoms with Gasteiger partial charge in [0.1, 0.15) is 5.75 Å². The van der Waals surface area contributed by atoms with E-state index in [1.165, 1.54) is 18.2 Å². The number of hydrogen-bond donors (Lipinski definition) is 2. The summed E-state index contributed by atoms with van der Waals surface area (Å²) < 4.78 is 0. The van der Waals surface area contributed by atoms with Crippen molar-refractivity contribution in [3.05, 3.63) is 33.9 Å². The Labute approximate surface area is 87.1 Å². The number of nitrogens with zero attached hydrogens (tertiary/aromatic N) is 1. The van der Waals surface area contributed by atoms with Crippen molar-refractivity contribution in [2.75, 3.05) is 0 Å². The number of nitro groups is 1. The molecule has 0 saturated carbocycles. The van der Waals surface area contributed by atoms with E-state index < -0.39 is 10.5 Å². The van der Waals surface area contributed by atoms with E-state index in [0.29, 0.717) is 5.56 Å². The molecule has 0 fully saturated rings. The summed E-state index contributed by atoms with van der Waals surface area (Å²) in [5, 5.41) is 29.4. The molecule has 0 unspecified atom stereocenters. The van der Waals surface area contributed by atoms with Gasteiger partial charge in [-0.15, -0.1) is 0 Å². The predicted octanol–water partition coefficient (Wildman–Crippen LogP) is 1.61. The van der Waals surface area contributed by atoms with E-state index in [9.17, 15) is 20.3 Å². The third-order valence-electron chi connectivity index (χ3n) is 1.88. The molecule has 0 aliphatic heterocycles. The molecule has 2 N–H and O–H groups in total. The second-order valence-corrected chi connectivity index (χ2v) is 4.06. The monoisotopic (exact) mass is 211 g/mol. The molecular formula is C10H13NO4. The third kappa shape index (κ3) is 3.21. The summed E-state index contributed by atoms with van der Waals surface area (Å²) in [7, 11) is 0. The van der Waals surface area contributed by atoms with Gasteiger partial charge in [-0.2, -0.15) is 0 Å². The summed E-state index contributed by atoms with van der Waals surface area (Å²) >= 11 is 0. The van der Waals surface area contributed by atoms with Crippen molar-refractivity contribution < 1.29 is 15.1 Å². The zero-order valence-electron chi connectivity index (χ0n) is 8.60. The Morgan fingerprint density at radius 2 is 2.07 bits per heavy atom. The van der Waals surface area contributed by atoms with Crippen LogP contribution in [0.25, 0.3) is 0 Å². The van der Waals surface area contributed by atoms with Crippen LogP contribution in [0.1, 0.15) is 19.4 Å². The maximum Gasteiger partial charge on any atom is 0.272 e. The highest BCUT2D eigenvalue weighted by atomic mass is 16.6. The largest absolute Gasteiger partial charge is 0.508 e. The molecule has 0 bridgehead atoms. The van der Waals surface area contributed by atoms with Crippen LogP contribution < -0.4 is 0 Å². The van der Waals surface area contributed by atoms with E-state index in [0.717, 1.165) is 0 Å². The van der Waals surface area contributed by atoms with Gasteiger partial charge in [0.2, 0.25) is 0 Å². The van der Waals surface area contributed by atoms with Crippen LogP contribution in [-0.4, -0.2) is 20.7 Å². The van der Waals surface area contributed by atoms with Crippen LogP contribution in [-0.2, 0) is 6.42 Å². The molecular weight excluding hydrogens is 198 g/mol. The van der Waals surface area contributed by atoms with Gasteiger partial charge in [0.25, 0.3) is 5.69 Å². The van der Waals surface area contributed by atoms with E-state index in [4.69, 9.17) is 0 Å². The van der Waals surface area contributed by atoms with Gasteiger partial charge in [0.15, 0.2) is 0 Å². The molecule has 0 heterocycles. The molecule has 82 valence electrons. The summed E-state index contributed by atoms with van der Waals surface area (Å²) in [6.07, 6.45) is 0.123. The first-order valence-corrected chi connectivity index (χ1v) is 4.48. The second-order valence-electron chi connectivity index (χ2n) is 4.06. The Morgan fingerprint density at radius 1 is 1.47 bits per heavy atom. The number of aliphatic hydroxyl groups is 1. The van der Waals surface area contributed by atoms with E-state index in [1.807, 2.05) is 0 Å². The highest BCUT2D eigenvalue weighted by Crippen LogP contribution is 2.26. The molecule has 0 radical (unpaired) electrons. The van der Waals surface area contributed by atoms with Crippen LogP contribution in [0.3, 0.4) is 0 Å². The maximum absolute atomic E-state index is 10.7. The lowest BCUT2D eigenvalue weighted by atomic mass is 9.97. The van der Waals surface area contributed by atoms with Gasteiger partial charge in [0, 0.05) is 18.1 Å². The van der Waals surface area contributed by atoms with Crippen molar-refractivity contribution in [2.24, 2.45) is 0 Å². The lowest BCUT2D eigenvalue weighted by Gasteiger charge is -2.16. The van der Waals surface area contributed by atoms with Crippen molar-refractivity contribution in [2.45, 2.75) is 25.9 Å². The molecule has 0 aromatic heterocycles. The van der Waals surface area contributed by atoms with Crippen LogP contribution in [0, 0.1) is 10.1 Å². The minimum absolute atomic E-state index is 0.0418. The van der Waals surface area contributed by atoms with Gasteiger partial charge >= 0.3 is 0 Å². The van der Waals surface area contributed by atoms with Gasteiger partial charge in [-0.25, -0.2) is 0 Å². The van der Waals surface area contributed by atoms with Crippen LogP contribution in [0.5, 0.6) is 5.75 Å². The van der Waals surface area contributed by atoms with Gasteiger partial charge in [0.05, 0.1) is 10.5 Å². The van der Waals surface area contributed by atoms with Gasteiger partial charge in [-0.05, 0) is 26.0 Å². The molecule has 0 spiro atoms. The summed E-state index contributed by atoms with van der Waals surface area (Å²) in [4.78, 5) is 10.1. The summed E-state index contributed by atoms with van der Waals surface area (Å²) in [5.41, 5.74) is -0.805. The Balaban J connectivity index is 3.13. The highest BCUT2D eigenvalue weighted by Gasteiger charge is 2.21. The molecule has 0 atom stereocenters. The zero-order valence-corrected chi connectivity index (χ0v) is 8.60. The fraction of sp³-hybridized carbons (Fsp3) is 0.400. The number of phenols is 1. The van der Waals surface area contributed by atoms with Gasteiger partial charge in [-0.1, -0.05) is 0 Å². The van der Waals surface area contributed by atoms with Crippen LogP contribution in [0.4, 0.5) is 5.69 Å². The van der Waals surface area contributed by atoms with E-state index in [1.54, 1.807) is 13.8 Å². The topological polar surface area (TPSA) is 83.6 Å². The molecule has 0 saturated heterocycles. The smallest absolute Gasteiger partial charge is 0.272 e. The first-order valence-electron chi connectivity index (χ1n) is 4.48. The van der Waals surface area contributed by atoms with Crippen LogP contribution >= 0.6 is 0 Å². The Bertz CT molecular complexity index is 381. The summed E-state index contributed by atoms with van der Waals surface area (Å²) in [5.74, 6) is -0.0418. The lowest BCUT2D eigenvalue weighted by molar-refractivity contribution is -0.385. The SMILES string of the molecule is CC(C)(O)Cc1cc(O)ccc1[N+](=O)[O-]. The first kappa shape index (κ1) is 11.5. The average Bonchev–Trinajstić information content (AvgIpc) is 1.99. The van der Waals surface area contributed by atoms with Crippen LogP contribution in [0.15, 0.2) is 18.2 Å². The molecule has 1 aromatic rings. The maximum atomic E-state index is 10.7. The molecule has 0 amide bonds. The van der Waals surface area contributed by atoms with Crippen molar-refractivity contribution in [1.82, 2.24) is 0 Å². The second kappa shape index (κ2) is 3.86. The van der Waals surface area contributed by atoms with Crippen molar-refractivity contribution >= 4 is 5.69 Å². The lowest BCUT2D eigenvalue weighted by Crippen LogP contribution is -2.22. The van der Waals surface area contributed by atoms with Crippen molar-refractivity contribution in [1.29, 1.82) is 0 Å². The fourth-order valence-electron chi connectivity index (χ4n) is 1.36. The Kier molecular flexibility index (Phi) is 2.95. The first-order chi connectivity index (χ1) is 6.79. The molecule has 1 rings (SSSR count). The number of benzene rings is 1. The normalized spacial score (nSPS) is 11.4. The van der Waals surface area contributed by atoms with E-state index >= 15 is 0 Å². The number of rotatable bonds is 3. The Morgan fingerprint density at radius 3 is 2.53 bits per heavy atom. The predicted molar refractivity (Wildman–Crippen MR) is 54.8 cm³/mol. The van der Waals surface area contributed by atoms with Crippen molar-refractivity contribution in [3.8, 4) is 5.75 Å². The molecule has 5 nitrogen and oxygen atoms in total. The summed E-state index contributed by atoms with van der Waals surface area (Å²) in [6.45, 7) is 3.11. The number of nitro benzene ring substituents is 1. The average molecular weight is 211 g/mol. The van der Waals surface area contributed by atoms with E-state index in [2.05, 4.69) is 0 Å². The van der Waals surface area contributed by atoms with E-state index in [-0.39, 0.29) is 17.9 Å². The van der Waals surface area contributed by atoms with Gasteiger partial charge < -0.3 is 10.2 Å². The zero-order chi connectivity index (χ0) is 11.6. The number of phenolic OH excluding ortho intramolecular Hbond substituents is 1. The highest BCUT2D eigenvalue weighted by molar-refractivity contribution is 5.45. The molecule has 1 aromatic carbocycles. The molecule has 5 heteroatoms. The van der Waals surface area contributed by atoms with Crippen molar-refractivity contribution in [3.63, 3.8) is 0 Å². The summed E-state index contributed by atoms with van der Waals surface area (Å²) in [6, 6.07) is 3.79. The molecule has 15 heavy (non-hydrogen) atoms. The number of aromatic hydroxyl groups is 1. The van der Waals surface area contributed by atoms with Gasteiger partial charge in [-0.3, -0.25) is 10.1 Å².